The number of aryl methyl sites for hydroxylation is 1. The molecule has 1 unspecified atom stereocenters. The second-order valence-electron chi connectivity index (χ2n) is 5.27. The summed E-state index contributed by atoms with van der Waals surface area (Å²) in [5, 5.41) is 6.38. The van der Waals surface area contributed by atoms with Crippen LogP contribution in [-0.4, -0.2) is 23.6 Å². The van der Waals surface area contributed by atoms with Crippen LogP contribution in [0.4, 0.5) is 0 Å². The van der Waals surface area contributed by atoms with E-state index in [4.69, 9.17) is 0 Å². The van der Waals surface area contributed by atoms with Gasteiger partial charge in [-0.25, -0.2) is 0 Å². The van der Waals surface area contributed by atoms with E-state index in [-0.39, 0.29) is 11.3 Å². The number of carbonyl (C=O) groups excluding carboxylic acids is 1. The Hall–Kier alpha value is -1.29. The lowest BCUT2D eigenvalue weighted by molar-refractivity contribution is -0.130. The summed E-state index contributed by atoms with van der Waals surface area (Å²) in [4.78, 5) is 12.3. The molecule has 2 N–H and O–H groups in total. The number of hydrogen-bond acceptors (Lipinski definition) is 2. The highest BCUT2D eigenvalue weighted by Gasteiger charge is 2.39. The molecule has 4 nitrogen and oxygen atoms in total. The second-order valence-corrected chi connectivity index (χ2v) is 5.27. The molecule has 1 atom stereocenters. The normalized spacial score (nSPS) is 23.3. The van der Waals surface area contributed by atoms with Gasteiger partial charge < -0.3 is 15.2 Å². The summed E-state index contributed by atoms with van der Waals surface area (Å²) in [6.07, 6.45) is 1.85. The zero-order valence-corrected chi connectivity index (χ0v) is 11.5. The molecule has 4 heteroatoms. The third-order valence-electron chi connectivity index (χ3n) is 4.31. The molecule has 1 fully saturated rings. The Morgan fingerprint density at radius 3 is 2.83 bits per heavy atom. The van der Waals surface area contributed by atoms with Crippen molar-refractivity contribution in [2.24, 2.45) is 12.5 Å². The van der Waals surface area contributed by atoms with Gasteiger partial charge >= 0.3 is 0 Å². The van der Waals surface area contributed by atoms with Gasteiger partial charge in [-0.3, -0.25) is 4.79 Å². The lowest BCUT2D eigenvalue weighted by Gasteiger charge is -2.25. The molecule has 0 spiro atoms. The Balaban J connectivity index is 1.98. The summed E-state index contributed by atoms with van der Waals surface area (Å²) in [6, 6.07) is 4.15. The third kappa shape index (κ3) is 2.29. The van der Waals surface area contributed by atoms with E-state index in [1.165, 1.54) is 5.69 Å². The summed E-state index contributed by atoms with van der Waals surface area (Å²) in [7, 11) is 2.03. The molecule has 1 amide bonds. The maximum absolute atomic E-state index is 12.3. The van der Waals surface area contributed by atoms with Gasteiger partial charge in [0.15, 0.2) is 0 Å². The summed E-state index contributed by atoms with van der Waals surface area (Å²) in [5.41, 5.74) is 2.17. The molecule has 0 saturated carbocycles. The highest BCUT2D eigenvalue weighted by molar-refractivity contribution is 5.83. The van der Waals surface area contributed by atoms with Crippen LogP contribution < -0.4 is 10.6 Å². The lowest BCUT2D eigenvalue weighted by Crippen LogP contribution is -2.42. The van der Waals surface area contributed by atoms with Crippen molar-refractivity contribution in [2.45, 2.75) is 33.2 Å². The van der Waals surface area contributed by atoms with Crippen LogP contribution in [0.25, 0.3) is 0 Å². The van der Waals surface area contributed by atoms with Gasteiger partial charge in [0.05, 0.1) is 12.0 Å². The molecular formula is C14H23N3O. The number of amides is 1. The summed E-state index contributed by atoms with van der Waals surface area (Å²) < 4.78 is 2.12. The first-order chi connectivity index (χ1) is 8.59. The topological polar surface area (TPSA) is 46.1 Å². The minimum absolute atomic E-state index is 0.189. The van der Waals surface area contributed by atoms with E-state index in [9.17, 15) is 4.79 Å². The molecule has 1 aliphatic heterocycles. The van der Waals surface area contributed by atoms with Crippen LogP contribution >= 0.6 is 0 Å². The van der Waals surface area contributed by atoms with Crippen molar-refractivity contribution in [3.63, 3.8) is 0 Å². The van der Waals surface area contributed by atoms with Crippen molar-refractivity contribution in [3.05, 3.63) is 23.5 Å². The molecule has 1 saturated heterocycles. The predicted octanol–water partition coefficient (Wildman–Crippen LogP) is 1.34. The number of nitrogens with zero attached hydrogens (tertiary/aromatic N) is 1. The predicted molar refractivity (Wildman–Crippen MR) is 72.2 cm³/mol. The molecule has 1 aromatic rings. The van der Waals surface area contributed by atoms with Crippen molar-refractivity contribution < 1.29 is 4.79 Å². The largest absolute Gasteiger partial charge is 0.350 e. The molecule has 1 aromatic heterocycles. The van der Waals surface area contributed by atoms with Gasteiger partial charge in [-0.15, -0.1) is 0 Å². The van der Waals surface area contributed by atoms with Crippen LogP contribution in [0.5, 0.6) is 0 Å². The molecule has 0 aliphatic carbocycles. The summed E-state index contributed by atoms with van der Waals surface area (Å²) >= 11 is 0. The van der Waals surface area contributed by atoms with E-state index >= 15 is 0 Å². The Morgan fingerprint density at radius 1 is 1.56 bits per heavy atom. The van der Waals surface area contributed by atoms with E-state index in [0.29, 0.717) is 6.54 Å². The quantitative estimate of drug-likeness (QED) is 0.846. The highest BCUT2D eigenvalue weighted by Crippen LogP contribution is 2.29. The fraction of sp³-hybridized carbons (Fsp3) is 0.643. The standard InChI is InChI=1S/C14H23N3O/c1-4-14(7-8-15-10-14)13(18)16-9-12-6-5-11(2)17(12)3/h5-6,15H,4,7-10H2,1-3H3,(H,16,18). The number of rotatable bonds is 4. The minimum atomic E-state index is -0.194. The van der Waals surface area contributed by atoms with Gasteiger partial charge in [0.1, 0.15) is 0 Å². The van der Waals surface area contributed by atoms with E-state index in [0.717, 1.165) is 31.6 Å². The van der Waals surface area contributed by atoms with E-state index < -0.39 is 0 Å². The lowest BCUT2D eigenvalue weighted by atomic mass is 9.83. The van der Waals surface area contributed by atoms with Gasteiger partial charge in [0, 0.05) is 25.0 Å². The monoisotopic (exact) mass is 249 g/mol. The molecule has 0 radical (unpaired) electrons. The molecule has 100 valence electrons. The zero-order valence-electron chi connectivity index (χ0n) is 11.5. The van der Waals surface area contributed by atoms with Gasteiger partial charge in [0.2, 0.25) is 5.91 Å². The fourth-order valence-corrected chi connectivity index (χ4v) is 2.60. The van der Waals surface area contributed by atoms with Crippen LogP contribution in [0.3, 0.4) is 0 Å². The average molecular weight is 249 g/mol. The first kappa shape index (κ1) is 13.1. The SMILES string of the molecule is CCC1(C(=O)NCc2ccc(C)n2C)CCNC1. The van der Waals surface area contributed by atoms with Crippen LogP contribution in [0.1, 0.15) is 31.2 Å². The second kappa shape index (κ2) is 5.14. The van der Waals surface area contributed by atoms with Crippen molar-refractivity contribution >= 4 is 5.91 Å². The third-order valence-corrected chi connectivity index (χ3v) is 4.31. The van der Waals surface area contributed by atoms with Gasteiger partial charge in [-0.05, 0) is 38.4 Å². The number of nitrogens with one attached hydrogen (secondary N) is 2. The van der Waals surface area contributed by atoms with Crippen molar-refractivity contribution in [2.75, 3.05) is 13.1 Å². The maximum Gasteiger partial charge on any atom is 0.227 e. The number of carbonyl (C=O) groups is 1. The van der Waals surface area contributed by atoms with Crippen LogP contribution in [0, 0.1) is 12.3 Å². The Kier molecular flexibility index (Phi) is 3.76. The molecule has 2 rings (SSSR count). The Morgan fingerprint density at radius 2 is 2.33 bits per heavy atom. The van der Waals surface area contributed by atoms with Gasteiger partial charge in [0.25, 0.3) is 0 Å². The number of hydrogen-bond donors (Lipinski definition) is 2. The molecule has 1 aliphatic rings. The van der Waals surface area contributed by atoms with Crippen molar-refractivity contribution in [3.8, 4) is 0 Å². The van der Waals surface area contributed by atoms with E-state index in [2.05, 4.69) is 41.2 Å². The molecule has 0 aromatic carbocycles. The molecule has 18 heavy (non-hydrogen) atoms. The minimum Gasteiger partial charge on any atom is -0.350 e. The van der Waals surface area contributed by atoms with Gasteiger partial charge in [-0.1, -0.05) is 6.92 Å². The van der Waals surface area contributed by atoms with Crippen LogP contribution in [-0.2, 0) is 18.4 Å². The van der Waals surface area contributed by atoms with E-state index in [1.807, 2.05) is 7.05 Å². The smallest absolute Gasteiger partial charge is 0.227 e. The van der Waals surface area contributed by atoms with Crippen LogP contribution in [0.2, 0.25) is 0 Å². The summed E-state index contributed by atoms with van der Waals surface area (Å²) in [6.45, 7) is 6.54. The van der Waals surface area contributed by atoms with Crippen molar-refractivity contribution in [1.82, 2.24) is 15.2 Å². The zero-order chi connectivity index (χ0) is 13.2. The molecular weight excluding hydrogens is 226 g/mol. The Labute approximate surface area is 109 Å². The molecule has 0 bridgehead atoms. The maximum atomic E-state index is 12.3. The van der Waals surface area contributed by atoms with Crippen LogP contribution in [0.15, 0.2) is 12.1 Å². The fourth-order valence-electron chi connectivity index (χ4n) is 2.60. The van der Waals surface area contributed by atoms with E-state index in [1.54, 1.807) is 0 Å². The average Bonchev–Trinajstić information content (AvgIpc) is 2.97. The first-order valence-corrected chi connectivity index (χ1v) is 6.69. The molecule has 2 heterocycles. The Bertz CT molecular complexity index is 430. The number of aromatic nitrogens is 1. The summed E-state index contributed by atoms with van der Waals surface area (Å²) in [5.74, 6) is 0.189. The highest BCUT2D eigenvalue weighted by atomic mass is 16.2. The first-order valence-electron chi connectivity index (χ1n) is 6.69. The van der Waals surface area contributed by atoms with Crippen molar-refractivity contribution in [1.29, 1.82) is 0 Å². The van der Waals surface area contributed by atoms with Gasteiger partial charge in [-0.2, -0.15) is 0 Å².